The molecule has 0 radical (unpaired) electrons. The molecule has 1 aromatic rings. The maximum absolute atomic E-state index is 12.0. The molecule has 1 heterocycles. The van der Waals surface area contributed by atoms with E-state index >= 15 is 0 Å². The van der Waals surface area contributed by atoms with Crippen LogP contribution in [0.3, 0.4) is 0 Å². The van der Waals surface area contributed by atoms with Crippen LogP contribution in [-0.2, 0) is 11.3 Å². The third kappa shape index (κ3) is 5.84. The summed E-state index contributed by atoms with van der Waals surface area (Å²) < 4.78 is 0. The Morgan fingerprint density at radius 1 is 1.25 bits per heavy atom. The SMILES string of the molecule is C=CCN1CCN(Cc2ccc(C#CC(C)(C)O)cc2)CCC1=O. The van der Waals surface area contributed by atoms with E-state index in [1.54, 1.807) is 19.9 Å². The van der Waals surface area contributed by atoms with Crippen LogP contribution in [0.5, 0.6) is 0 Å². The summed E-state index contributed by atoms with van der Waals surface area (Å²) in [4.78, 5) is 16.2. The van der Waals surface area contributed by atoms with E-state index < -0.39 is 5.60 Å². The maximum atomic E-state index is 12.0. The summed E-state index contributed by atoms with van der Waals surface area (Å²) in [5, 5.41) is 9.64. The van der Waals surface area contributed by atoms with Crippen molar-refractivity contribution in [1.29, 1.82) is 0 Å². The van der Waals surface area contributed by atoms with E-state index in [1.165, 1.54) is 5.56 Å². The number of aliphatic hydroxyl groups is 1. The molecule has 1 aliphatic heterocycles. The summed E-state index contributed by atoms with van der Waals surface area (Å²) in [6, 6.07) is 8.06. The molecule has 1 N–H and O–H groups in total. The van der Waals surface area contributed by atoms with Gasteiger partial charge in [0.2, 0.25) is 5.91 Å². The van der Waals surface area contributed by atoms with Gasteiger partial charge in [-0.25, -0.2) is 0 Å². The number of carbonyl (C=O) groups excluding carboxylic acids is 1. The van der Waals surface area contributed by atoms with Crippen LogP contribution >= 0.6 is 0 Å². The quantitative estimate of drug-likeness (QED) is 0.680. The first-order valence-electron chi connectivity index (χ1n) is 8.33. The Kier molecular flexibility index (Phi) is 6.19. The van der Waals surface area contributed by atoms with Gasteiger partial charge in [-0.1, -0.05) is 30.0 Å². The zero-order chi connectivity index (χ0) is 17.6. The van der Waals surface area contributed by atoms with Crippen molar-refractivity contribution < 1.29 is 9.90 Å². The summed E-state index contributed by atoms with van der Waals surface area (Å²) in [5.74, 6) is 5.99. The van der Waals surface area contributed by atoms with Crippen LogP contribution in [0.1, 0.15) is 31.4 Å². The highest BCUT2D eigenvalue weighted by atomic mass is 16.3. The van der Waals surface area contributed by atoms with Gasteiger partial charge in [-0.3, -0.25) is 9.69 Å². The van der Waals surface area contributed by atoms with Crippen molar-refractivity contribution in [2.75, 3.05) is 26.2 Å². The Hall–Kier alpha value is -2.09. The average molecular weight is 326 g/mol. The van der Waals surface area contributed by atoms with Crippen molar-refractivity contribution in [3.8, 4) is 11.8 Å². The van der Waals surface area contributed by atoms with Crippen LogP contribution in [0.15, 0.2) is 36.9 Å². The lowest BCUT2D eigenvalue weighted by molar-refractivity contribution is -0.129. The van der Waals surface area contributed by atoms with E-state index in [9.17, 15) is 9.90 Å². The Morgan fingerprint density at radius 3 is 2.58 bits per heavy atom. The van der Waals surface area contributed by atoms with Crippen molar-refractivity contribution in [1.82, 2.24) is 9.80 Å². The number of amides is 1. The third-order valence-corrected chi connectivity index (χ3v) is 3.90. The standard InChI is InChI=1S/C20H26N2O2/c1-4-12-22-15-14-21(13-10-19(22)23)16-18-7-5-17(6-8-18)9-11-20(2,3)24/h4-8,24H,1,10,12-16H2,2-3H3. The molecule has 0 bridgehead atoms. The molecule has 0 atom stereocenters. The first-order valence-corrected chi connectivity index (χ1v) is 8.33. The molecular formula is C20H26N2O2. The summed E-state index contributed by atoms with van der Waals surface area (Å²) in [5.41, 5.74) is 1.12. The fraction of sp³-hybridized carbons (Fsp3) is 0.450. The van der Waals surface area contributed by atoms with E-state index in [2.05, 4.69) is 35.5 Å². The van der Waals surface area contributed by atoms with Crippen LogP contribution in [-0.4, -0.2) is 52.6 Å². The number of rotatable bonds is 4. The highest BCUT2D eigenvalue weighted by molar-refractivity contribution is 5.76. The van der Waals surface area contributed by atoms with Crippen molar-refractivity contribution in [3.05, 3.63) is 48.0 Å². The molecule has 4 heteroatoms. The minimum absolute atomic E-state index is 0.203. The molecule has 1 aliphatic rings. The first-order chi connectivity index (χ1) is 11.4. The van der Waals surface area contributed by atoms with Crippen LogP contribution in [0.25, 0.3) is 0 Å². The smallest absolute Gasteiger partial charge is 0.224 e. The third-order valence-electron chi connectivity index (χ3n) is 3.90. The average Bonchev–Trinajstić information content (AvgIpc) is 2.70. The highest BCUT2D eigenvalue weighted by Crippen LogP contribution is 2.11. The van der Waals surface area contributed by atoms with Gasteiger partial charge in [0, 0.05) is 44.7 Å². The Morgan fingerprint density at radius 2 is 1.96 bits per heavy atom. The molecular weight excluding hydrogens is 300 g/mol. The normalized spacial score (nSPS) is 16.3. The molecule has 1 aromatic carbocycles. The molecule has 0 unspecified atom stereocenters. The van der Waals surface area contributed by atoms with Crippen molar-refractivity contribution in [2.45, 2.75) is 32.4 Å². The summed E-state index contributed by atoms with van der Waals surface area (Å²) in [6.45, 7) is 10.9. The molecule has 1 saturated heterocycles. The van der Waals surface area contributed by atoms with Crippen LogP contribution in [0.4, 0.5) is 0 Å². The Bertz CT molecular complexity index is 632. The van der Waals surface area contributed by atoms with Gasteiger partial charge in [-0.05, 0) is 31.5 Å². The molecule has 1 amide bonds. The molecule has 2 rings (SSSR count). The fourth-order valence-corrected chi connectivity index (χ4v) is 2.59. The van der Waals surface area contributed by atoms with Gasteiger partial charge >= 0.3 is 0 Å². The second-order valence-corrected chi connectivity index (χ2v) is 6.66. The lowest BCUT2D eigenvalue weighted by Crippen LogP contribution is -2.33. The highest BCUT2D eigenvalue weighted by Gasteiger charge is 2.19. The second-order valence-electron chi connectivity index (χ2n) is 6.66. The topological polar surface area (TPSA) is 43.8 Å². The van der Waals surface area contributed by atoms with Gasteiger partial charge in [0.05, 0.1) is 0 Å². The van der Waals surface area contributed by atoms with E-state index in [0.29, 0.717) is 13.0 Å². The predicted octanol–water partition coefficient (Wildman–Crippen LogP) is 2.03. The lowest BCUT2D eigenvalue weighted by atomic mass is 10.1. The zero-order valence-corrected chi connectivity index (χ0v) is 14.6. The Balaban J connectivity index is 1.95. The van der Waals surface area contributed by atoms with Crippen LogP contribution < -0.4 is 0 Å². The summed E-state index contributed by atoms with van der Waals surface area (Å²) in [6.07, 6.45) is 2.34. The van der Waals surface area contributed by atoms with E-state index in [-0.39, 0.29) is 5.91 Å². The van der Waals surface area contributed by atoms with Crippen molar-refractivity contribution >= 4 is 5.91 Å². The molecule has 0 spiro atoms. The Labute approximate surface area is 144 Å². The number of hydrogen-bond acceptors (Lipinski definition) is 3. The summed E-state index contributed by atoms with van der Waals surface area (Å²) in [7, 11) is 0. The van der Waals surface area contributed by atoms with Crippen molar-refractivity contribution in [3.63, 3.8) is 0 Å². The van der Waals surface area contributed by atoms with Gasteiger partial charge < -0.3 is 10.0 Å². The van der Waals surface area contributed by atoms with Crippen LogP contribution in [0.2, 0.25) is 0 Å². The molecule has 1 fully saturated rings. The van der Waals surface area contributed by atoms with Gasteiger partial charge in [-0.2, -0.15) is 0 Å². The number of benzene rings is 1. The van der Waals surface area contributed by atoms with Gasteiger partial charge in [0.15, 0.2) is 0 Å². The fourth-order valence-electron chi connectivity index (χ4n) is 2.59. The first kappa shape index (κ1) is 18.3. The molecule has 128 valence electrons. The zero-order valence-electron chi connectivity index (χ0n) is 14.6. The monoisotopic (exact) mass is 326 g/mol. The van der Waals surface area contributed by atoms with E-state index in [0.717, 1.165) is 31.7 Å². The van der Waals surface area contributed by atoms with Crippen molar-refractivity contribution in [2.24, 2.45) is 0 Å². The molecule has 0 aromatic heterocycles. The minimum atomic E-state index is -0.978. The van der Waals surface area contributed by atoms with Gasteiger partial charge in [-0.15, -0.1) is 6.58 Å². The van der Waals surface area contributed by atoms with E-state index in [1.807, 2.05) is 17.0 Å². The second kappa shape index (κ2) is 8.14. The van der Waals surface area contributed by atoms with Gasteiger partial charge in [0.1, 0.15) is 5.60 Å². The number of carbonyl (C=O) groups is 1. The van der Waals surface area contributed by atoms with E-state index in [4.69, 9.17) is 0 Å². The molecule has 24 heavy (non-hydrogen) atoms. The summed E-state index contributed by atoms with van der Waals surface area (Å²) >= 11 is 0. The largest absolute Gasteiger partial charge is 0.378 e. The number of hydrogen-bond donors (Lipinski definition) is 1. The molecule has 4 nitrogen and oxygen atoms in total. The molecule has 0 saturated carbocycles. The maximum Gasteiger partial charge on any atom is 0.224 e. The number of nitrogens with zero attached hydrogens (tertiary/aromatic N) is 2. The van der Waals surface area contributed by atoms with Gasteiger partial charge in [0.25, 0.3) is 0 Å². The van der Waals surface area contributed by atoms with Crippen LogP contribution in [0, 0.1) is 11.8 Å². The predicted molar refractivity (Wildman–Crippen MR) is 96.3 cm³/mol. The lowest BCUT2D eigenvalue weighted by Gasteiger charge is -2.21. The molecule has 0 aliphatic carbocycles. The minimum Gasteiger partial charge on any atom is -0.378 e.